The molecule has 14 heavy (non-hydrogen) atoms. The average Bonchev–Trinajstić information content (AvgIpc) is 2.25. The predicted molar refractivity (Wildman–Crippen MR) is 59.5 cm³/mol. The summed E-state index contributed by atoms with van der Waals surface area (Å²) < 4.78 is 0. The summed E-state index contributed by atoms with van der Waals surface area (Å²) >= 11 is 1.58. The van der Waals surface area contributed by atoms with Gasteiger partial charge in [0.1, 0.15) is 0 Å². The van der Waals surface area contributed by atoms with Gasteiger partial charge in [0.15, 0.2) is 0 Å². The largest absolute Gasteiger partial charge is 0.396 e. The SMILES string of the molecule is CC[C@@H](O)c1ccccc1SCCO. The van der Waals surface area contributed by atoms with Gasteiger partial charge in [-0.1, -0.05) is 25.1 Å². The lowest BCUT2D eigenvalue weighted by atomic mass is 10.1. The van der Waals surface area contributed by atoms with Crippen molar-refractivity contribution in [1.29, 1.82) is 0 Å². The van der Waals surface area contributed by atoms with E-state index in [4.69, 9.17) is 5.11 Å². The highest BCUT2D eigenvalue weighted by molar-refractivity contribution is 7.99. The third-order valence-corrected chi connectivity index (χ3v) is 3.08. The third kappa shape index (κ3) is 3.01. The van der Waals surface area contributed by atoms with Crippen LogP contribution in [0.2, 0.25) is 0 Å². The van der Waals surface area contributed by atoms with E-state index in [-0.39, 0.29) is 6.61 Å². The Balaban J connectivity index is 2.79. The molecule has 3 heteroatoms. The number of hydrogen-bond acceptors (Lipinski definition) is 3. The number of aliphatic hydroxyl groups is 2. The smallest absolute Gasteiger partial charge is 0.0798 e. The van der Waals surface area contributed by atoms with Gasteiger partial charge < -0.3 is 10.2 Å². The molecule has 1 atom stereocenters. The zero-order chi connectivity index (χ0) is 10.4. The molecule has 0 radical (unpaired) electrons. The Morgan fingerprint density at radius 2 is 2.07 bits per heavy atom. The van der Waals surface area contributed by atoms with Crippen LogP contribution in [0.5, 0.6) is 0 Å². The van der Waals surface area contributed by atoms with Crippen LogP contribution in [-0.4, -0.2) is 22.6 Å². The van der Waals surface area contributed by atoms with Gasteiger partial charge in [0.2, 0.25) is 0 Å². The van der Waals surface area contributed by atoms with Crippen molar-refractivity contribution in [3.8, 4) is 0 Å². The van der Waals surface area contributed by atoms with E-state index >= 15 is 0 Å². The van der Waals surface area contributed by atoms with E-state index in [1.54, 1.807) is 11.8 Å². The summed E-state index contributed by atoms with van der Waals surface area (Å²) in [4.78, 5) is 1.07. The van der Waals surface area contributed by atoms with Crippen LogP contribution in [0.4, 0.5) is 0 Å². The van der Waals surface area contributed by atoms with Crippen LogP contribution >= 0.6 is 11.8 Å². The maximum absolute atomic E-state index is 9.73. The van der Waals surface area contributed by atoms with E-state index < -0.39 is 6.10 Å². The zero-order valence-corrected chi connectivity index (χ0v) is 9.13. The normalized spacial score (nSPS) is 12.8. The van der Waals surface area contributed by atoms with Crippen molar-refractivity contribution < 1.29 is 10.2 Å². The van der Waals surface area contributed by atoms with Gasteiger partial charge in [-0.05, 0) is 18.1 Å². The Bertz CT molecular complexity index is 276. The first-order valence-corrected chi connectivity index (χ1v) is 5.78. The van der Waals surface area contributed by atoms with Gasteiger partial charge >= 0.3 is 0 Å². The summed E-state index contributed by atoms with van der Waals surface area (Å²) in [7, 11) is 0. The molecule has 0 saturated heterocycles. The first kappa shape index (κ1) is 11.6. The number of hydrogen-bond donors (Lipinski definition) is 2. The van der Waals surface area contributed by atoms with E-state index in [1.807, 2.05) is 31.2 Å². The highest BCUT2D eigenvalue weighted by atomic mass is 32.2. The van der Waals surface area contributed by atoms with E-state index in [0.29, 0.717) is 5.75 Å². The third-order valence-electron chi connectivity index (χ3n) is 2.01. The molecule has 2 N–H and O–H groups in total. The Kier molecular flexibility index (Phi) is 5.01. The molecule has 0 unspecified atom stereocenters. The summed E-state index contributed by atoms with van der Waals surface area (Å²) in [6.45, 7) is 2.12. The van der Waals surface area contributed by atoms with E-state index in [9.17, 15) is 5.11 Å². The van der Waals surface area contributed by atoms with Crippen LogP contribution in [0.15, 0.2) is 29.2 Å². The second-order valence-electron chi connectivity index (χ2n) is 3.03. The minimum Gasteiger partial charge on any atom is -0.396 e. The monoisotopic (exact) mass is 212 g/mol. The van der Waals surface area contributed by atoms with Gasteiger partial charge in [-0.3, -0.25) is 0 Å². The summed E-state index contributed by atoms with van der Waals surface area (Å²) in [5, 5.41) is 18.5. The molecule has 0 aliphatic carbocycles. The fraction of sp³-hybridized carbons (Fsp3) is 0.455. The summed E-state index contributed by atoms with van der Waals surface area (Å²) in [5.74, 6) is 0.674. The van der Waals surface area contributed by atoms with Crippen LogP contribution in [0.1, 0.15) is 25.0 Å². The van der Waals surface area contributed by atoms with Gasteiger partial charge in [0, 0.05) is 10.6 Å². The Morgan fingerprint density at radius 3 is 2.71 bits per heavy atom. The van der Waals surface area contributed by atoms with Crippen molar-refractivity contribution in [3.05, 3.63) is 29.8 Å². The Morgan fingerprint density at radius 1 is 1.36 bits per heavy atom. The topological polar surface area (TPSA) is 40.5 Å². The van der Waals surface area contributed by atoms with Gasteiger partial charge in [-0.25, -0.2) is 0 Å². The predicted octanol–water partition coefficient (Wildman–Crippen LogP) is 2.21. The zero-order valence-electron chi connectivity index (χ0n) is 8.31. The van der Waals surface area contributed by atoms with Gasteiger partial charge in [-0.15, -0.1) is 11.8 Å². The van der Waals surface area contributed by atoms with Gasteiger partial charge in [0.25, 0.3) is 0 Å². The van der Waals surface area contributed by atoms with Crippen LogP contribution < -0.4 is 0 Å². The maximum atomic E-state index is 9.73. The second-order valence-corrected chi connectivity index (χ2v) is 4.17. The average molecular weight is 212 g/mol. The lowest BCUT2D eigenvalue weighted by Crippen LogP contribution is -1.98. The van der Waals surface area contributed by atoms with Crippen molar-refractivity contribution in [1.82, 2.24) is 0 Å². The second kappa shape index (κ2) is 6.06. The number of benzene rings is 1. The molecule has 1 rings (SSSR count). The van der Waals surface area contributed by atoms with E-state index in [1.165, 1.54) is 0 Å². The van der Waals surface area contributed by atoms with Crippen molar-refractivity contribution >= 4 is 11.8 Å². The highest BCUT2D eigenvalue weighted by Gasteiger charge is 2.09. The van der Waals surface area contributed by atoms with Crippen molar-refractivity contribution in [3.63, 3.8) is 0 Å². The standard InChI is InChI=1S/C11H16O2S/c1-2-10(13)9-5-3-4-6-11(9)14-8-7-12/h3-6,10,12-13H,2,7-8H2,1H3/t10-/m1/s1. The molecule has 0 bridgehead atoms. The molecular weight excluding hydrogens is 196 g/mol. The molecule has 0 aromatic heterocycles. The molecule has 0 saturated carbocycles. The summed E-state index contributed by atoms with van der Waals surface area (Å²) in [6.07, 6.45) is 0.328. The summed E-state index contributed by atoms with van der Waals surface area (Å²) in [6, 6.07) is 7.80. The molecule has 78 valence electrons. The van der Waals surface area contributed by atoms with Gasteiger partial charge in [0.05, 0.1) is 12.7 Å². The minimum absolute atomic E-state index is 0.168. The van der Waals surface area contributed by atoms with Crippen molar-refractivity contribution in [2.45, 2.75) is 24.3 Å². The van der Waals surface area contributed by atoms with E-state index in [2.05, 4.69) is 0 Å². The molecule has 0 heterocycles. The van der Waals surface area contributed by atoms with Crippen LogP contribution in [0, 0.1) is 0 Å². The maximum Gasteiger partial charge on any atom is 0.0798 e. The van der Waals surface area contributed by atoms with E-state index in [0.717, 1.165) is 16.9 Å². The molecular formula is C11H16O2S. The Hall–Kier alpha value is -0.510. The quantitative estimate of drug-likeness (QED) is 0.735. The van der Waals surface area contributed by atoms with Crippen molar-refractivity contribution in [2.75, 3.05) is 12.4 Å². The molecule has 1 aromatic carbocycles. The minimum atomic E-state index is -0.391. The Labute approximate surface area is 89.0 Å². The lowest BCUT2D eigenvalue weighted by Gasteiger charge is -2.12. The molecule has 2 nitrogen and oxygen atoms in total. The fourth-order valence-corrected chi connectivity index (χ4v) is 2.12. The van der Waals surface area contributed by atoms with Crippen LogP contribution in [0.25, 0.3) is 0 Å². The fourth-order valence-electron chi connectivity index (χ4n) is 1.26. The molecule has 0 fully saturated rings. The number of rotatable bonds is 5. The lowest BCUT2D eigenvalue weighted by molar-refractivity contribution is 0.171. The molecule has 0 aliphatic heterocycles. The van der Waals surface area contributed by atoms with Crippen molar-refractivity contribution in [2.24, 2.45) is 0 Å². The van der Waals surface area contributed by atoms with Crippen LogP contribution in [-0.2, 0) is 0 Å². The molecule has 0 amide bonds. The summed E-state index contributed by atoms with van der Waals surface area (Å²) in [5.41, 5.74) is 0.966. The molecule has 0 spiro atoms. The van der Waals surface area contributed by atoms with Gasteiger partial charge in [-0.2, -0.15) is 0 Å². The molecule has 1 aromatic rings. The highest BCUT2D eigenvalue weighted by Crippen LogP contribution is 2.28. The number of thioether (sulfide) groups is 1. The molecule has 0 aliphatic rings. The first-order chi connectivity index (χ1) is 6.79. The van der Waals surface area contributed by atoms with Crippen LogP contribution in [0.3, 0.4) is 0 Å². The first-order valence-electron chi connectivity index (χ1n) is 4.80. The number of aliphatic hydroxyl groups excluding tert-OH is 2.